The Bertz CT molecular complexity index is 1200. The molecule has 1 aromatic carbocycles. The zero-order valence-electron chi connectivity index (χ0n) is 13.6. The van der Waals surface area contributed by atoms with Crippen LogP contribution in [0.2, 0.25) is 0 Å². The van der Waals surface area contributed by atoms with Crippen LogP contribution in [0.3, 0.4) is 0 Å². The predicted octanol–water partition coefficient (Wildman–Crippen LogP) is 2.46. The summed E-state index contributed by atoms with van der Waals surface area (Å²) < 4.78 is 40.7. The van der Waals surface area contributed by atoms with Crippen LogP contribution in [0.5, 0.6) is 0 Å². The van der Waals surface area contributed by atoms with Crippen LogP contribution in [-0.2, 0) is 6.18 Å². The first kappa shape index (κ1) is 16.2. The van der Waals surface area contributed by atoms with Crippen molar-refractivity contribution in [2.24, 2.45) is 0 Å². The minimum Gasteiger partial charge on any atom is -0.282 e. The van der Waals surface area contributed by atoms with Crippen LogP contribution in [0.4, 0.5) is 13.2 Å². The number of benzene rings is 1. The molecule has 132 valence electrons. The summed E-state index contributed by atoms with van der Waals surface area (Å²) in [7, 11) is 0. The lowest BCUT2D eigenvalue weighted by Crippen LogP contribution is -2.20. The Morgan fingerprint density at radius 1 is 1.04 bits per heavy atom. The number of aryl methyl sites for hydroxylation is 2. The number of hydrogen-bond donors (Lipinski definition) is 0. The van der Waals surface area contributed by atoms with Crippen LogP contribution >= 0.6 is 0 Å². The van der Waals surface area contributed by atoms with Crippen LogP contribution < -0.4 is 5.56 Å². The zero-order valence-corrected chi connectivity index (χ0v) is 13.6. The third-order valence-electron chi connectivity index (χ3n) is 3.84. The van der Waals surface area contributed by atoms with Crippen molar-refractivity contribution < 1.29 is 13.2 Å². The average molecular weight is 360 g/mol. The number of rotatable bonds is 1. The largest absolute Gasteiger partial charge is 0.453 e. The molecule has 0 N–H and O–H groups in total. The molecule has 0 unspecified atom stereocenters. The van der Waals surface area contributed by atoms with Crippen molar-refractivity contribution in [3.63, 3.8) is 0 Å². The Kier molecular flexibility index (Phi) is 3.33. The maximum absolute atomic E-state index is 12.8. The molecule has 0 saturated carbocycles. The van der Waals surface area contributed by atoms with Gasteiger partial charge in [-0.25, -0.2) is 0 Å². The van der Waals surface area contributed by atoms with E-state index in [4.69, 9.17) is 0 Å². The molecule has 4 aromatic rings. The van der Waals surface area contributed by atoms with E-state index in [1.54, 1.807) is 0 Å². The fourth-order valence-corrected chi connectivity index (χ4v) is 2.82. The van der Waals surface area contributed by atoms with Crippen molar-refractivity contribution in [2.45, 2.75) is 20.0 Å². The second-order valence-electron chi connectivity index (χ2n) is 5.92. The molecule has 0 amide bonds. The van der Waals surface area contributed by atoms with E-state index in [0.29, 0.717) is 5.69 Å². The second-order valence-corrected chi connectivity index (χ2v) is 5.92. The van der Waals surface area contributed by atoms with Crippen LogP contribution in [0.1, 0.15) is 17.0 Å². The number of alkyl halides is 3. The molecule has 0 radical (unpaired) electrons. The number of halogens is 3. The highest BCUT2D eigenvalue weighted by molar-refractivity contribution is 5.74. The molecule has 26 heavy (non-hydrogen) atoms. The summed E-state index contributed by atoms with van der Waals surface area (Å²) in [6.45, 7) is 3.81. The highest BCUT2D eigenvalue weighted by Gasteiger charge is 2.36. The molecule has 0 atom stereocenters. The van der Waals surface area contributed by atoms with Crippen molar-refractivity contribution in [2.75, 3.05) is 0 Å². The molecule has 0 aliphatic heterocycles. The predicted molar refractivity (Wildman–Crippen MR) is 86.2 cm³/mol. The van der Waals surface area contributed by atoms with Gasteiger partial charge < -0.3 is 0 Å². The number of hydrogen-bond acceptors (Lipinski definition) is 5. The van der Waals surface area contributed by atoms with E-state index in [-0.39, 0.29) is 16.8 Å². The third-order valence-corrected chi connectivity index (χ3v) is 3.84. The molecule has 0 aliphatic rings. The number of pyridine rings is 1. The molecule has 4 rings (SSSR count). The minimum atomic E-state index is -4.71. The molecule has 7 nitrogen and oxygen atoms in total. The maximum atomic E-state index is 12.8. The number of fused-ring (bicyclic) bond motifs is 3. The lowest BCUT2D eigenvalue weighted by atomic mass is 10.1. The van der Waals surface area contributed by atoms with E-state index < -0.39 is 17.6 Å². The molecule has 3 heterocycles. The first-order chi connectivity index (χ1) is 12.2. The van der Waals surface area contributed by atoms with Gasteiger partial charge in [-0.05, 0) is 43.2 Å². The van der Waals surface area contributed by atoms with Gasteiger partial charge in [0.15, 0.2) is 5.52 Å². The van der Waals surface area contributed by atoms with E-state index in [2.05, 4.69) is 20.3 Å². The summed E-state index contributed by atoms with van der Waals surface area (Å²) in [6, 6.07) is 7.07. The third kappa shape index (κ3) is 2.50. The Balaban J connectivity index is 1.99. The van der Waals surface area contributed by atoms with Crippen molar-refractivity contribution in [3.8, 4) is 5.69 Å². The summed E-state index contributed by atoms with van der Waals surface area (Å²) in [5.74, 6) is -1.66. The second kappa shape index (κ2) is 5.35. The highest BCUT2D eigenvalue weighted by atomic mass is 19.4. The van der Waals surface area contributed by atoms with Crippen LogP contribution in [0, 0.1) is 13.8 Å². The first-order valence-electron chi connectivity index (χ1n) is 7.55. The topological polar surface area (TPSA) is 78.0 Å². The smallest absolute Gasteiger partial charge is 0.282 e. The molecule has 0 fully saturated rings. The summed E-state index contributed by atoms with van der Waals surface area (Å²) >= 11 is 0. The van der Waals surface area contributed by atoms with E-state index in [9.17, 15) is 18.0 Å². The quantitative estimate of drug-likeness (QED) is 0.521. The Labute approximate surface area is 143 Å². The normalized spacial score (nSPS) is 12.2. The number of nitrogens with zero attached hydrogens (tertiary/aromatic N) is 6. The van der Waals surface area contributed by atoms with E-state index >= 15 is 0 Å². The van der Waals surface area contributed by atoms with Gasteiger partial charge in [-0.2, -0.15) is 22.7 Å². The van der Waals surface area contributed by atoms with E-state index in [1.165, 1.54) is 16.8 Å². The van der Waals surface area contributed by atoms with Crippen molar-refractivity contribution in [1.82, 2.24) is 29.4 Å². The van der Waals surface area contributed by atoms with Gasteiger partial charge in [0.1, 0.15) is 5.52 Å². The van der Waals surface area contributed by atoms with E-state index in [1.807, 2.05) is 32.0 Å². The Morgan fingerprint density at radius 2 is 1.73 bits per heavy atom. The molecule has 0 bridgehead atoms. The molecule has 3 aromatic heterocycles. The van der Waals surface area contributed by atoms with Gasteiger partial charge in [0.05, 0.1) is 0 Å². The minimum absolute atomic E-state index is 0.0993. The van der Waals surface area contributed by atoms with Crippen molar-refractivity contribution in [1.29, 1.82) is 0 Å². The zero-order chi connectivity index (χ0) is 18.6. The lowest BCUT2D eigenvalue weighted by Gasteiger charge is -2.09. The molecule has 0 spiro atoms. The Hall–Kier alpha value is -3.30. The molecule has 0 saturated heterocycles. The number of aromatic nitrogens is 6. The van der Waals surface area contributed by atoms with Gasteiger partial charge in [0, 0.05) is 11.9 Å². The standard InChI is InChI=1S/C16H11F3N6O/c1-8-5-9(2)7-10(6-8)24-4-3-11-12(13(24)26)21-22-15-20-14(16(17,18)19)23-25(11)15/h3-7H,1-2H3. The summed E-state index contributed by atoms with van der Waals surface area (Å²) in [6.07, 6.45) is -3.25. The molecular weight excluding hydrogens is 349 g/mol. The monoisotopic (exact) mass is 360 g/mol. The van der Waals surface area contributed by atoms with Gasteiger partial charge in [-0.15, -0.1) is 15.3 Å². The van der Waals surface area contributed by atoms with Crippen LogP contribution in [0.15, 0.2) is 35.3 Å². The fraction of sp³-hybridized carbons (Fsp3) is 0.188. The van der Waals surface area contributed by atoms with Crippen molar-refractivity contribution >= 4 is 16.8 Å². The summed E-state index contributed by atoms with van der Waals surface area (Å²) in [5.41, 5.74) is 2.07. The lowest BCUT2D eigenvalue weighted by molar-refractivity contribution is -0.144. The summed E-state index contributed by atoms with van der Waals surface area (Å²) in [4.78, 5) is 16.1. The molecular formula is C16H11F3N6O. The van der Waals surface area contributed by atoms with E-state index in [0.717, 1.165) is 15.6 Å². The van der Waals surface area contributed by atoms with Gasteiger partial charge in [-0.1, -0.05) is 6.07 Å². The van der Waals surface area contributed by atoms with Gasteiger partial charge >= 0.3 is 6.18 Å². The SMILES string of the molecule is Cc1cc(C)cc(-n2ccc3c(nnc4nc(C(F)(F)F)nn43)c2=O)c1. The Morgan fingerprint density at radius 3 is 2.38 bits per heavy atom. The first-order valence-corrected chi connectivity index (χ1v) is 7.55. The highest BCUT2D eigenvalue weighted by Crippen LogP contribution is 2.26. The fourth-order valence-electron chi connectivity index (χ4n) is 2.82. The molecule has 0 aliphatic carbocycles. The van der Waals surface area contributed by atoms with Gasteiger partial charge in [-0.3, -0.25) is 9.36 Å². The van der Waals surface area contributed by atoms with Crippen molar-refractivity contribution in [3.05, 3.63) is 57.8 Å². The maximum Gasteiger partial charge on any atom is 0.453 e. The average Bonchev–Trinajstić information content (AvgIpc) is 2.99. The van der Waals surface area contributed by atoms with Crippen LogP contribution in [0.25, 0.3) is 22.5 Å². The van der Waals surface area contributed by atoms with Gasteiger partial charge in [0.2, 0.25) is 0 Å². The summed E-state index contributed by atoms with van der Waals surface area (Å²) in [5, 5.41) is 10.8. The van der Waals surface area contributed by atoms with Crippen LogP contribution in [-0.4, -0.2) is 29.4 Å². The molecule has 10 heteroatoms. The van der Waals surface area contributed by atoms with Gasteiger partial charge in [0.25, 0.3) is 17.2 Å².